The lowest BCUT2D eigenvalue weighted by Gasteiger charge is -2.31. The minimum atomic E-state index is 0.0691. The van der Waals surface area contributed by atoms with Crippen molar-refractivity contribution in [3.05, 3.63) is 82.3 Å². The molecule has 1 saturated heterocycles. The van der Waals surface area contributed by atoms with Gasteiger partial charge >= 0.3 is 0 Å². The van der Waals surface area contributed by atoms with E-state index in [1.54, 1.807) is 11.3 Å². The summed E-state index contributed by atoms with van der Waals surface area (Å²) in [4.78, 5) is 24.3. The van der Waals surface area contributed by atoms with Gasteiger partial charge in [0.05, 0.1) is 11.0 Å². The van der Waals surface area contributed by atoms with Crippen LogP contribution in [0.25, 0.3) is 11.0 Å². The number of fused-ring (bicyclic) bond motifs is 1. The Morgan fingerprint density at radius 2 is 1.97 bits per heavy atom. The van der Waals surface area contributed by atoms with Crippen molar-refractivity contribution in [2.24, 2.45) is 0 Å². The number of imidazole rings is 1. The summed E-state index contributed by atoms with van der Waals surface area (Å²) in [6.45, 7) is 2.00. The number of para-hydroxylation sites is 2. The van der Waals surface area contributed by atoms with E-state index in [-0.39, 0.29) is 5.91 Å². The van der Waals surface area contributed by atoms with Gasteiger partial charge in [-0.15, -0.1) is 11.3 Å². The van der Waals surface area contributed by atoms with E-state index in [0.29, 0.717) is 18.1 Å². The van der Waals surface area contributed by atoms with Gasteiger partial charge < -0.3 is 14.6 Å². The number of piperidine rings is 1. The molecule has 0 spiro atoms. The molecule has 6 heteroatoms. The van der Waals surface area contributed by atoms with Gasteiger partial charge in [-0.2, -0.15) is 0 Å². The fraction of sp³-hybridized carbons (Fsp3) is 0.250. The second-order valence-corrected chi connectivity index (χ2v) is 8.63. The molecular formula is C24H23N3O2S. The number of amides is 1. The molecule has 152 valence electrons. The standard InChI is InChI=1S/C24H23N3O2S/c28-24(18-5-3-6-19(15-18)29-16-20-7-4-14-30-20)27-12-10-17(11-13-27)23-25-21-8-1-2-9-22(21)26-23/h1-9,14-15,17H,10-13,16H2,(H,25,26). The number of nitrogens with zero attached hydrogens (tertiary/aromatic N) is 2. The quantitative estimate of drug-likeness (QED) is 0.484. The molecule has 0 atom stereocenters. The summed E-state index contributed by atoms with van der Waals surface area (Å²) in [7, 11) is 0. The first-order chi connectivity index (χ1) is 14.8. The van der Waals surface area contributed by atoms with Gasteiger partial charge in [-0.1, -0.05) is 24.3 Å². The number of ether oxygens (including phenoxy) is 1. The molecule has 1 N–H and O–H groups in total. The lowest BCUT2D eigenvalue weighted by molar-refractivity contribution is 0.0711. The molecule has 0 unspecified atom stereocenters. The predicted octanol–water partition coefficient (Wildman–Crippen LogP) is 5.22. The first-order valence-electron chi connectivity index (χ1n) is 10.3. The van der Waals surface area contributed by atoms with E-state index in [4.69, 9.17) is 9.72 Å². The highest BCUT2D eigenvalue weighted by molar-refractivity contribution is 7.09. The monoisotopic (exact) mass is 417 g/mol. The van der Waals surface area contributed by atoms with Crippen molar-refractivity contribution in [1.82, 2.24) is 14.9 Å². The van der Waals surface area contributed by atoms with Gasteiger partial charge in [-0.3, -0.25) is 4.79 Å². The zero-order valence-electron chi connectivity index (χ0n) is 16.6. The fourth-order valence-electron chi connectivity index (χ4n) is 3.97. The Balaban J connectivity index is 1.21. The van der Waals surface area contributed by atoms with Crippen molar-refractivity contribution in [3.63, 3.8) is 0 Å². The smallest absolute Gasteiger partial charge is 0.253 e. The van der Waals surface area contributed by atoms with Crippen molar-refractivity contribution >= 4 is 28.3 Å². The van der Waals surface area contributed by atoms with Crippen LogP contribution in [0.3, 0.4) is 0 Å². The highest BCUT2D eigenvalue weighted by Gasteiger charge is 2.26. The first-order valence-corrected chi connectivity index (χ1v) is 11.1. The van der Waals surface area contributed by atoms with E-state index < -0.39 is 0 Å². The molecule has 0 bridgehead atoms. The number of aromatic amines is 1. The van der Waals surface area contributed by atoms with Crippen molar-refractivity contribution < 1.29 is 9.53 Å². The van der Waals surface area contributed by atoms with Gasteiger partial charge in [0.2, 0.25) is 0 Å². The van der Waals surface area contributed by atoms with E-state index >= 15 is 0 Å². The van der Waals surface area contributed by atoms with E-state index in [1.807, 2.05) is 64.9 Å². The topological polar surface area (TPSA) is 58.2 Å². The number of carbonyl (C=O) groups excluding carboxylic acids is 1. The van der Waals surface area contributed by atoms with Crippen molar-refractivity contribution in [1.29, 1.82) is 0 Å². The number of thiophene rings is 1. The zero-order chi connectivity index (χ0) is 20.3. The Labute approximate surface area is 179 Å². The van der Waals surface area contributed by atoms with Crippen LogP contribution in [0.2, 0.25) is 0 Å². The van der Waals surface area contributed by atoms with Gasteiger partial charge in [0.25, 0.3) is 5.91 Å². The summed E-state index contributed by atoms with van der Waals surface area (Å²) < 4.78 is 5.86. The Hall–Kier alpha value is -3.12. The molecule has 3 heterocycles. The van der Waals surface area contributed by atoms with Gasteiger partial charge in [0.1, 0.15) is 18.2 Å². The van der Waals surface area contributed by atoms with E-state index in [2.05, 4.69) is 11.1 Å². The Kier molecular flexibility index (Phi) is 5.24. The number of benzene rings is 2. The van der Waals surface area contributed by atoms with Crippen LogP contribution in [0.5, 0.6) is 5.75 Å². The lowest BCUT2D eigenvalue weighted by atomic mass is 9.95. The largest absolute Gasteiger partial charge is 0.488 e. The third-order valence-corrected chi connectivity index (χ3v) is 6.47. The molecular weight excluding hydrogens is 394 g/mol. The Morgan fingerprint density at radius 3 is 2.77 bits per heavy atom. The maximum absolute atomic E-state index is 13.0. The molecule has 1 aliphatic heterocycles. The highest BCUT2D eigenvalue weighted by atomic mass is 32.1. The molecule has 1 fully saturated rings. The predicted molar refractivity (Wildman–Crippen MR) is 119 cm³/mol. The number of carbonyl (C=O) groups is 1. The van der Waals surface area contributed by atoms with Gasteiger partial charge in [0.15, 0.2) is 0 Å². The van der Waals surface area contributed by atoms with Crippen molar-refractivity contribution in [3.8, 4) is 5.75 Å². The second kappa shape index (κ2) is 8.32. The number of hydrogen-bond donors (Lipinski definition) is 1. The highest BCUT2D eigenvalue weighted by Crippen LogP contribution is 2.29. The summed E-state index contributed by atoms with van der Waals surface area (Å²) >= 11 is 1.67. The van der Waals surface area contributed by atoms with Crippen molar-refractivity contribution in [2.45, 2.75) is 25.4 Å². The molecule has 1 amide bonds. The molecule has 0 aliphatic carbocycles. The first kappa shape index (κ1) is 18.9. The van der Waals surface area contributed by atoms with Crippen LogP contribution in [0.4, 0.5) is 0 Å². The fourth-order valence-corrected chi connectivity index (χ4v) is 4.59. The number of hydrogen-bond acceptors (Lipinski definition) is 4. The molecule has 4 aromatic rings. The van der Waals surface area contributed by atoms with E-state index in [0.717, 1.165) is 48.5 Å². The van der Waals surface area contributed by atoms with Crippen LogP contribution < -0.4 is 4.74 Å². The average molecular weight is 418 g/mol. The third kappa shape index (κ3) is 3.96. The van der Waals surface area contributed by atoms with Gasteiger partial charge in [-0.25, -0.2) is 4.98 Å². The minimum Gasteiger partial charge on any atom is -0.488 e. The molecule has 30 heavy (non-hydrogen) atoms. The van der Waals surface area contributed by atoms with Crippen LogP contribution in [0.15, 0.2) is 66.0 Å². The van der Waals surface area contributed by atoms with Crippen LogP contribution >= 0.6 is 11.3 Å². The lowest BCUT2D eigenvalue weighted by Crippen LogP contribution is -2.38. The van der Waals surface area contributed by atoms with Crippen LogP contribution in [0, 0.1) is 0 Å². The number of H-pyrrole nitrogens is 1. The molecule has 2 aromatic heterocycles. The average Bonchev–Trinajstić information content (AvgIpc) is 3.47. The van der Waals surface area contributed by atoms with Gasteiger partial charge in [0, 0.05) is 29.4 Å². The Morgan fingerprint density at radius 1 is 1.10 bits per heavy atom. The molecule has 2 aromatic carbocycles. The summed E-state index contributed by atoms with van der Waals surface area (Å²) in [5.41, 5.74) is 2.76. The normalized spacial score (nSPS) is 14.9. The zero-order valence-corrected chi connectivity index (χ0v) is 17.4. The molecule has 0 saturated carbocycles. The number of likely N-dealkylation sites (tertiary alicyclic amines) is 1. The molecule has 1 aliphatic rings. The van der Waals surface area contributed by atoms with E-state index in [1.165, 1.54) is 4.88 Å². The number of aromatic nitrogens is 2. The summed E-state index contributed by atoms with van der Waals surface area (Å²) in [6.07, 6.45) is 1.83. The van der Waals surface area contributed by atoms with E-state index in [9.17, 15) is 4.79 Å². The van der Waals surface area contributed by atoms with Crippen molar-refractivity contribution in [2.75, 3.05) is 13.1 Å². The van der Waals surface area contributed by atoms with Crippen LogP contribution in [-0.4, -0.2) is 33.9 Å². The number of rotatable bonds is 5. The molecule has 5 rings (SSSR count). The second-order valence-electron chi connectivity index (χ2n) is 7.60. The maximum atomic E-state index is 13.0. The van der Waals surface area contributed by atoms with Crippen LogP contribution in [-0.2, 0) is 6.61 Å². The SMILES string of the molecule is O=C(c1cccc(OCc2cccs2)c1)N1CCC(c2nc3ccccc3[nH]2)CC1. The summed E-state index contributed by atoms with van der Waals surface area (Å²) in [5, 5.41) is 2.04. The molecule has 0 radical (unpaired) electrons. The maximum Gasteiger partial charge on any atom is 0.253 e. The molecule has 5 nitrogen and oxygen atoms in total. The number of nitrogens with one attached hydrogen (secondary N) is 1. The Bertz CT molecular complexity index is 1110. The van der Waals surface area contributed by atoms with Crippen LogP contribution in [0.1, 0.15) is 39.8 Å². The third-order valence-electron chi connectivity index (χ3n) is 5.62. The van der Waals surface area contributed by atoms with Gasteiger partial charge in [-0.05, 0) is 54.6 Å². The summed E-state index contributed by atoms with van der Waals surface area (Å²) in [5.74, 6) is 2.19. The minimum absolute atomic E-state index is 0.0691. The summed E-state index contributed by atoms with van der Waals surface area (Å²) in [6, 6.07) is 19.7.